The lowest BCUT2D eigenvalue weighted by Gasteiger charge is -2.58. The summed E-state index contributed by atoms with van der Waals surface area (Å²) in [5.41, 5.74) is 6.37. The second-order valence-corrected chi connectivity index (χ2v) is 9.51. The number of carbonyl (C=O) groups excluding carboxylic acids is 2. The number of nitrogens with zero attached hydrogens (tertiary/aromatic N) is 1. The first-order chi connectivity index (χ1) is 12.4. The summed E-state index contributed by atoms with van der Waals surface area (Å²) in [7, 11) is 0. The summed E-state index contributed by atoms with van der Waals surface area (Å²) in [5.74, 6) is 2.29. The summed E-state index contributed by atoms with van der Waals surface area (Å²) in [6.45, 7) is 5.39. The molecule has 0 aliphatic heterocycles. The minimum absolute atomic E-state index is 0. The zero-order valence-electron chi connectivity index (χ0n) is 16.5. The lowest BCUT2D eigenvalue weighted by atomic mass is 9.45. The Morgan fingerprint density at radius 1 is 1.11 bits per heavy atom. The SMILES string of the molecule is C[C@]12CC/C(=N/OCCN)C[C@@H]1C(=O)C[C@@H]1[C@@H]2CC[C@]2(C)C(=O)CC[C@@H]12.Cl. The summed E-state index contributed by atoms with van der Waals surface area (Å²) in [4.78, 5) is 30.9. The van der Waals surface area contributed by atoms with Crippen molar-refractivity contribution in [2.75, 3.05) is 13.2 Å². The highest BCUT2D eigenvalue weighted by atomic mass is 35.5. The second kappa shape index (κ2) is 7.47. The minimum atomic E-state index is -0.165. The molecule has 5 nitrogen and oxygen atoms in total. The Kier molecular flexibility index (Phi) is 5.75. The van der Waals surface area contributed by atoms with Gasteiger partial charge in [0.1, 0.15) is 18.2 Å². The Balaban J connectivity index is 0.00000210. The van der Waals surface area contributed by atoms with Gasteiger partial charge in [-0.3, -0.25) is 9.59 Å². The van der Waals surface area contributed by atoms with E-state index in [-0.39, 0.29) is 29.2 Å². The van der Waals surface area contributed by atoms with Gasteiger partial charge in [-0.05, 0) is 61.7 Å². The van der Waals surface area contributed by atoms with Crippen molar-refractivity contribution in [3.8, 4) is 0 Å². The van der Waals surface area contributed by atoms with Gasteiger partial charge in [-0.1, -0.05) is 19.0 Å². The first kappa shape index (κ1) is 20.8. The number of fused-ring (bicyclic) bond motifs is 5. The minimum Gasteiger partial charge on any atom is -0.395 e. The van der Waals surface area contributed by atoms with Gasteiger partial charge in [-0.15, -0.1) is 12.4 Å². The normalized spacial score (nSPS) is 44.9. The first-order valence-corrected chi connectivity index (χ1v) is 10.3. The lowest BCUT2D eigenvalue weighted by Crippen LogP contribution is -2.56. The molecule has 4 saturated carbocycles. The van der Waals surface area contributed by atoms with Crippen LogP contribution in [-0.2, 0) is 14.4 Å². The highest BCUT2D eigenvalue weighted by Crippen LogP contribution is 2.64. The van der Waals surface area contributed by atoms with E-state index in [4.69, 9.17) is 10.6 Å². The lowest BCUT2D eigenvalue weighted by molar-refractivity contribution is -0.152. The molecule has 0 aromatic carbocycles. The molecule has 27 heavy (non-hydrogen) atoms. The van der Waals surface area contributed by atoms with Crippen molar-refractivity contribution in [1.82, 2.24) is 0 Å². The van der Waals surface area contributed by atoms with Crippen LogP contribution in [0.15, 0.2) is 5.16 Å². The largest absolute Gasteiger partial charge is 0.395 e. The number of hydrogen-bond acceptors (Lipinski definition) is 5. The van der Waals surface area contributed by atoms with Crippen LogP contribution in [0.4, 0.5) is 0 Å². The van der Waals surface area contributed by atoms with E-state index >= 15 is 0 Å². The molecular weight excluding hydrogens is 364 g/mol. The van der Waals surface area contributed by atoms with E-state index < -0.39 is 0 Å². The Hall–Kier alpha value is -0.940. The molecule has 4 aliphatic carbocycles. The van der Waals surface area contributed by atoms with E-state index in [9.17, 15) is 9.59 Å². The number of nitrogens with two attached hydrogens (primary N) is 1. The Morgan fingerprint density at radius 3 is 2.63 bits per heavy atom. The Labute approximate surface area is 168 Å². The van der Waals surface area contributed by atoms with Gasteiger partial charge in [0, 0.05) is 30.7 Å². The van der Waals surface area contributed by atoms with Crippen LogP contribution in [0.25, 0.3) is 0 Å². The van der Waals surface area contributed by atoms with Crippen molar-refractivity contribution in [2.24, 2.45) is 45.4 Å². The van der Waals surface area contributed by atoms with Crippen LogP contribution in [0.1, 0.15) is 65.2 Å². The summed E-state index contributed by atoms with van der Waals surface area (Å²) in [5, 5.41) is 4.25. The van der Waals surface area contributed by atoms with Crippen molar-refractivity contribution in [1.29, 1.82) is 0 Å². The number of halogens is 1. The third-order valence-corrected chi connectivity index (χ3v) is 8.41. The number of oxime groups is 1. The monoisotopic (exact) mass is 396 g/mol. The molecule has 6 heteroatoms. The van der Waals surface area contributed by atoms with Crippen LogP contribution in [-0.4, -0.2) is 30.4 Å². The molecule has 0 heterocycles. The first-order valence-electron chi connectivity index (χ1n) is 10.3. The maximum Gasteiger partial charge on any atom is 0.139 e. The molecule has 4 aliphatic rings. The average molecular weight is 397 g/mol. The molecule has 0 unspecified atom stereocenters. The predicted octanol–water partition coefficient (Wildman–Crippen LogP) is 3.53. The Morgan fingerprint density at radius 2 is 1.89 bits per heavy atom. The average Bonchev–Trinajstić information content (AvgIpc) is 2.92. The van der Waals surface area contributed by atoms with Gasteiger partial charge in [-0.25, -0.2) is 0 Å². The number of carbonyl (C=O) groups is 2. The third kappa shape index (κ3) is 3.15. The quantitative estimate of drug-likeness (QED) is 0.584. The van der Waals surface area contributed by atoms with Crippen molar-refractivity contribution in [3.63, 3.8) is 0 Å². The van der Waals surface area contributed by atoms with Gasteiger partial charge in [0.15, 0.2) is 0 Å². The molecule has 0 aromatic rings. The maximum absolute atomic E-state index is 13.1. The van der Waals surface area contributed by atoms with Crippen molar-refractivity contribution in [3.05, 3.63) is 0 Å². The Bertz CT molecular complexity index is 651. The van der Waals surface area contributed by atoms with E-state index in [1.165, 1.54) is 0 Å². The van der Waals surface area contributed by atoms with Crippen LogP contribution < -0.4 is 5.73 Å². The second-order valence-electron chi connectivity index (χ2n) is 9.51. The van der Waals surface area contributed by atoms with Crippen LogP contribution in [0, 0.1) is 34.5 Å². The molecular formula is C21H33ClN2O3. The summed E-state index contributed by atoms with van der Waals surface area (Å²) in [6.07, 6.45) is 7.13. The van der Waals surface area contributed by atoms with Crippen molar-refractivity contribution >= 4 is 29.7 Å². The zero-order valence-corrected chi connectivity index (χ0v) is 17.4. The molecule has 152 valence electrons. The van der Waals surface area contributed by atoms with Crippen LogP contribution in [0.2, 0.25) is 0 Å². The molecule has 6 atom stereocenters. The van der Waals surface area contributed by atoms with Crippen LogP contribution in [0.5, 0.6) is 0 Å². The van der Waals surface area contributed by atoms with Crippen molar-refractivity contribution < 1.29 is 14.4 Å². The van der Waals surface area contributed by atoms with E-state index in [1.54, 1.807) is 0 Å². The van der Waals surface area contributed by atoms with Gasteiger partial charge >= 0.3 is 0 Å². The fourth-order valence-corrected chi connectivity index (χ4v) is 6.89. The van der Waals surface area contributed by atoms with E-state index in [0.29, 0.717) is 55.3 Å². The summed E-state index contributed by atoms with van der Waals surface area (Å²) in [6, 6.07) is 0. The number of Topliss-reactive ketones (excluding diaryl/α,β-unsaturated/α-hetero) is 2. The van der Waals surface area contributed by atoms with Crippen LogP contribution in [0.3, 0.4) is 0 Å². The molecule has 0 bridgehead atoms. The molecule has 0 amide bonds. The smallest absolute Gasteiger partial charge is 0.139 e. The highest BCUT2D eigenvalue weighted by Gasteiger charge is 2.62. The fourth-order valence-electron chi connectivity index (χ4n) is 6.89. The molecule has 0 aromatic heterocycles. The molecule has 0 radical (unpaired) electrons. The summed E-state index contributed by atoms with van der Waals surface area (Å²) >= 11 is 0. The van der Waals surface area contributed by atoms with Gasteiger partial charge in [0.05, 0.1) is 5.71 Å². The van der Waals surface area contributed by atoms with Gasteiger partial charge in [-0.2, -0.15) is 0 Å². The molecule has 4 rings (SSSR count). The molecule has 2 N–H and O–H groups in total. The number of hydrogen-bond donors (Lipinski definition) is 1. The third-order valence-electron chi connectivity index (χ3n) is 8.41. The standard InChI is InChI=1S/C21H32N2O3.ClH/c1-20-7-5-13(23-26-10-9-22)11-17(20)18(24)12-14-15-3-4-19(25)21(15,2)8-6-16(14)20;/h14-17H,3-12,22H2,1-2H3;1H/b23-13-;/t14-,15-,16-,17+,20+,21-;/m0./s1. The van der Waals surface area contributed by atoms with E-state index in [0.717, 1.165) is 44.2 Å². The predicted molar refractivity (Wildman–Crippen MR) is 107 cm³/mol. The van der Waals surface area contributed by atoms with Crippen LogP contribution >= 0.6 is 12.4 Å². The van der Waals surface area contributed by atoms with Gasteiger partial charge < -0.3 is 10.6 Å². The number of rotatable bonds is 3. The number of ketones is 2. The van der Waals surface area contributed by atoms with E-state index in [2.05, 4.69) is 19.0 Å². The molecule has 0 saturated heterocycles. The van der Waals surface area contributed by atoms with Gasteiger partial charge in [0.25, 0.3) is 0 Å². The fraction of sp³-hybridized carbons (Fsp3) is 0.857. The van der Waals surface area contributed by atoms with Crippen molar-refractivity contribution in [2.45, 2.75) is 65.2 Å². The molecule has 4 fully saturated rings. The highest BCUT2D eigenvalue weighted by molar-refractivity contribution is 5.93. The molecule has 0 spiro atoms. The zero-order chi connectivity index (χ0) is 18.5. The van der Waals surface area contributed by atoms with E-state index in [1.807, 2.05) is 0 Å². The summed E-state index contributed by atoms with van der Waals surface area (Å²) < 4.78 is 0. The maximum atomic E-state index is 13.1. The van der Waals surface area contributed by atoms with Gasteiger partial charge in [0.2, 0.25) is 0 Å². The topological polar surface area (TPSA) is 81.8 Å².